The zero-order valence-electron chi connectivity index (χ0n) is 6.81. The van der Waals surface area contributed by atoms with Crippen LogP contribution in [0.5, 0.6) is 0 Å². The molecule has 11 heteroatoms. The highest BCUT2D eigenvalue weighted by atomic mass is 35.5. The van der Waals surface area contributed by atoms with E-state index in [4.69, 9.17) is 11.6 Å². The molecule has 0 saturated carbocycles. The van der Waals surface area contributed by atoms with E-state index in [1.54, 1.807) is 0 Å². The summed E-state index contributed by atoms with van der Waals surface area (Å²) in [5, 5.41) is 20.2. The number of hydrogen-bond acceptors (Lipinski definition) is 7. The Balaban J connectivity index is 0.00000196. The molecule has 0 fully saturated rings. The third-order valence-corrected chi connectivity index (χ3v) is 1.37. The lowest BCUT2D eigenvalue weighted by Crippen LogP contribution is -2.22. The molecule has 0 aliphatic heterocycles. The molecule has 1 heterocycles. The van der Waals surface area contributed by atoms with Crippen molar-refractivity contribution in [3.05, 3.63) is 37.7 Å². The molecule has 0 aromatic carbocycles. The Hall–Kier alpha value is -1.61. The van der Waals surface area contributed by atoms with Gasteiger partial charge in [-0.15, -0.1) is 12.4 Å². The number of nitrogens with zero attached hydrogens (tertiary/aromatic N) is 5. The molecule has 1 rings (SSSR count). The van der Waals surface area contributed by atoms with Crippen molar-refractivity contribution in [2.24, 2.45) is 0 Å². The molecule has 0 spiro atoms. The number of aromatic nitrogens is 3. The van der Waals surface area contributed by atoms with Gasteiger partial charge < -0.3 is 0 Å². The van der Waals surface area contributed by atoms with Crippen LogP contribution in [0.1, 0.15) is 12.0 Å². The molecule has 0 N–H and O–H groups in total. The van der Waals surface area contributed by atoms with E-state index < -0.39 is 21.8 Å². The predicted octanol–water partition coefficient (Wildman–Crippen LogP) is 0.499. The maximum Gasteiger partial charge on any atom is 0.509 e. The Morgan fingerprint density at radius 1 is 1.27 bits per heavy atom. The first kappa shape index (κ1) is 13.4. The van der Waals surface area contributed by atoms with Gasteiger partial charge in [-0.2, -0.15) is 4.98 Å². The van der Waals surface area contributed by atoms with Crippen LogP contribution >= 0.6 is 24.0 Å². The molecule has 15 heavy (non-hydrogen) atoms. The summed E-state index contributed by atoms with van der Waals surface area (Å²) in [7, 11) is 0. The first-order valence-corrected chi connectivity index (χ1v) is 3.51. The van der Waals surface area contributed by atoms with Gasteiger partial charge >= 0.3 is 6.17 Å². The molecule has 1 aromatic heterocycles. The summed E-state index contributed by atoms with van der Waals surface area (Å²) in [6, 6.07) is 0. The van der Waals surface area contributed by atoms with Crippen LogP contribution in [0.15, 0.2) is 6.33 Å². The van der Waals surface area contributed by atoms with E-state index in [0.29, 0.717) is 0 Å². The van der Waals surface area contributed by atoms with Gasteiger partial charge in [-0.3, -0.25) is 20.2 Å². The second-order valence-electron chi connectivity index (χ2n) is 2.06. The maximum absolute atomic E-state index is 10.3. The highest BCUT2D eigenvalue weighted by Gasteiger charge is 2.38. The molecule has 0 radical (unpaired) electrons. The fourth-order valence-corrected chi connectivity index (χ4v) is 0.808. The topological polar surface area (TPSA) is 125 Å². The number of rotatable bonds is 3. The zero-order chi connectivity index (χ0) is 10.7. The quantitative estimate of drug-likeness (QED) is 0.437. The maximum atomic E-state index is 10.3. The molecule has 0 saturated heterocycles. The summed E-state index contributed by atoms with van der Waals surface area (Å²) in [4.78, 5) is 28.2. The average Bonchev–Trinajstić information content (AvgIpc) is 2.02. The van der Waals surface area contributed by atoms with Gasteiger partial charge in [-0.1, -0.05) is 0 Å². The van der Waals surface area contributed by atoms with Gasteiger partial charge in [0.05, 0.1) is 0 Å². The summed E-state index contributed by atoms with van der Waals surface area (Å²) < 4.78 is 0. The fraction of sp³-hybridized carbons (Fsp3) is 0.250. The molecule has 0 aliphatic carbocycles. The molecule has 0 aliphatic rings. The fourth-order valence-electron chi connectivity index (χ4n) is 0.678. The highest BCUT2D eigenvalue weighted by Crippen LogP contribution is 2.12. The Kier molecular flexibility index (Phi) is 4.74. The summed E-state index contributed by atoms with van der Waals surface area (Å²) in [5.41, 5.74) is 0. The normalized spacial score (nSPS) is 9.47. The van der Waals surface area contributed by atoms with Crippen molar-refractivity contribution in [2.45, 2.75) is 6.17 Å². The van der Waals surface area contributed by atoms with Crippen molar-refractivity contribution in [3.8, 4) is 0 Å². The lowest BCUT2D eigenvalue weighted by molar-refractivity contribution is -0.754. The van der Waals surface area contributed by atoms with Gasteiger partial charge in [-0.25, -0.2) is 9.97 Å². The molecule has 1 aromatic rings. The average molecular weight is 256 g/mol. The zero-order valence-corrected chi connectivity index (χ0v) is 8.38. The van der Waals surface area contributed by atoms with Crippen molar-refractivity contribution in [3.63, 3.8) is 0 Å². The summed E-state index contributed by atoms with van der Waals surface area (Å²) >= 11 is 5.29. The minimum absolute atomic E-state index is 0. The van der Waals surface area contributed by atoms with Crippen molar-refractivity contribution < 1.29 is 9.85 Å². The number of halogens is 2. The van der Waals surface area contributed by atoms with E-state index in [9.17, 15) is 20.2 Å². The first-order valence-electron chi connectivity index (χ1n) is 3.14. The van der Waals surface area contributed by atoms with Crippen LogP contribution in [0.2, 0.25) is 5.28 Å². The number of hydrogen-bond donors (Lipinski definition) is 0. The Labute approximate surface area is 93.2 Å². The van der Waals surface area contributed by atoms with Gasteiger partial charge in [0.25, 0.3) is 5.82 Å². The molecule has 0 unspecified atom stereocenters. The van der Waals surface area contributed by atoms with Crippen LogP contribution in [0, 0.1) is 20.2 Å². The summed E-state index contributed by atoms with van der Waals surface area (Å²) in [5.74, 6) is -0.597. The van der Waals surface area contributed by atoms with Gasteiger partial charge in [0.2, 0.25) is 5.28 Å². The van der Waals surface area contributed by atoms with Crippen LogP contribution < -0.4 is 0 Å². The van der Waals surface area contributed by atoms with Crippen molar-refractivity contribution in [2.75, 3.05) is 0 Å². The van der Waals surface area contributed by atoms with Crippen LogP contribution in [-0.2, 0) is 0 Å². The van der Waals surface area contributed by atoms with E-state index in [1.165, 1.54) is 0 Å². The summed E-state index contributed by atoms with van der Waals surface area (Å²) in [6.07, 6.45) is -1.35. The second kappa shape index (κ2) is 5.32. The van der Waals surface area contributed by atoms with Crippen LogP contribution in [0.25, 0.3) is 0 Å². The first-order chi connectivity index (χ1) is 6.52. The van der Waals surface area contributed by atoms with Crippen molar-refractivity contribution in [1.29, 1.82) is 0 Å². The Bertz CT molecular complexity index is 373. The molecular weight excluding hydrogens is 253 g/mol. The van der Waals surface area contributed by atoms with Crippen LogP contribution in [-0.4, -0.2) is 24.8 Å². The second-order valence-corrected chi connectivity index (χ2v) is 2.40. The Morgan fingerprint density at radius 2 is 1.80 bits per heavy atom. The largest absolute Gasteiger partial charge is 0.509 e. The van der Waals surface area contributed by atoms with Gasteiger partial charge in [-0.05, 0) is 11.6 Å². The SMILES string of the molecule is Cl.O=[N+]([O-])C(c1ncnc(Cl)n1)[N+](=O)[O-]. The summed E-state index contributed by atoms with van der Waals surface area (Å²) in [6.45, 7) is 0. The minimum Gasteiger partial charge on any atom is -0.258 e. The van der Waals surface area contributed by atoms with Gasteiger partial charge in [0.1, 0.15) is 16.2 Å². The Morgan fingerprint density at radius 3 is 2.20 bits per heavy atom. The molecule has 9 nitrogen and oxygen atoms in total. The minimum atomic E-state index is -2.21. The van der Waals surface area contributed by atoms with Crippen LogP contribution in [0.4, 0.5) is 0 Å². The van der Waals surface area contributed by atoms with E-state index in [-0.39, 0.29) is 17.7 Å². The van der Waals surface area contributed by atoms with Crippen molar-refractivity contribution in [1.82, 2.24) is 15.0 Å². The highest BCUT2D eigenvalue weighted by molar-refractivity contribution is 6.28. The smallest absolute Gasteiger partial charge is 0.258 e. The van der Waals surface area contributed by atoms with E-state index in [2.05, 4.69) is 15.0 Å². The molecular formula is C4H3Cl2N5O4. The third-order valence-electron chi connectivity index (χ3n) is 1.19. The lowest BCUT2D eigenvalue weighted by atomic mass is 10.5. The molecule has 0 bridgehead atoms. The molecule has 0 atom stereocenters. The lowest BCUT2D eigenvalue weighted by Gasteiger charge is -1.99. The van der Waals surface area contributed by atoms with E-state index in [0.717, 1.165) is 6.33 Å². The standard InChI is InChI=1S/C4H2ClN5O4.ClH/c5-4-7-1-6-2(8-4)3(9(11)12)10(13)14;/h1,3H;1H. The third kappa shape index (κ3) is 3.22. The van der Waals surface area contributed by atoms with Gasteiger partial charge in [0, 0.05) is 0 Å². The van der Waals surface area contributed by atoms with Gasteiger partial charge in [0.15, 0.2) is 0 Å². The monoisotopic (exact) mass is 255 g/mol. The predicted molar refractivity (Wildman–Crippen MR) is 48.8 cm³/mol. The molecule has 0 amide bonds. The van der Waals surface area contributed by atoms with E-state index >= 15 is 0 Å². The van der Waals surface area contributed by atoms with Crippen LogP contribution in [0.3, 0.4) is 0 Å². The number of nitro groups is 2. The molecule has 82 valence electrons. The van der Waals surface area contributed by atoms with Crippen molar-refractivity contribution >= 4 is 24.0 Å². The van der Waals surface area contributed by atoms with E-state index in [1.807, 2.05) is 0 Å².